The first-order valence-corrected chi connectivity index (χ1v) is 8.14. The fourth-order valence-electron chi connectivity index (χ4n) is 1.51. The molecule has 0 bridgehead atoms. The van der Waals surface area contributed by atoms with Crippen molar-refractivity contribution in [2.24, 2.45) is 0 Å². The quantitative estimate of drug-likeness (QED) is 0.781. The molecule has 80 valence electrons. The molecule has 1 N–H and O–H groups in total. The molecule has 2 aromatic rings. The van der Waals surface area contributed by atoms with Crippen molar-refractivity contribution in [3.63, 3.8) is 0 Å². The third-order valence-electron chi connectivity index (χ3n) is 2.48. The molecular weight excluding hydrogens is 322 g/mol. The summed E-state index contributed by atoms with van der Waals surface area (Å²) in [6, 6.07) is 7.84. The predicted molar refractivity (Wildman–Crippen MR) is 71.9 cm³/mol. The number of hydrogen-bond acceptors (Lipinski definition) is 1. The van der Waals surface area contributed by atoms with Gasteiger partial charge in [-0.3, -0.25) is 4.79 Å². The molecule has 0 saturated carbocycles. The first-order chi connectivity index (χ1) is 7.20. The molecule has 2 rings (SSSR count). The van der Waals surface area contributed by atoms with E-state index in [2.05, 4.69) is 33.2 Å². The van der Waals surface area contributed by atoms with E-state index in [1.165, 1.54) is 0 Å². The second-order valence-corrected chi connectivity index (χ2v) is 3.25. The van der Waals surface area contributed by atoms with Crippen LogP contribution in [0, 0.1) is 13.8 Å². The Bertz CT molecular complexity index is 519. The molecule has 0 spiro atoms. The minimum absolute atomic E-state index is 0.0104. The van der Waals surface area contributed by atoms with E-state index >= 15 is 0 Å². The number of aryl methyl sites for hydroxylation is 1. The first-order valence-electron chi connectivity index (χ1n) is 4.42. The van der Waals surface area contributed by atoms with Crippen LogP contribution in [0.25, 0.3) is 10.9 Å². The van der Waals surface area contributed by atoms with Crippen LogP contribution in [-0.4, -0.2) is 4.98 Å². The molecule has 4 heteroatoms. The van der Waals surface area contributed by atoms with Crippen molar-refractivity contribution < 1.29 is 0 Å². The minimum atomic E-state index is 0.0104. The van der Waals surface area contributed by atoms with Gasteiger partial charge in [0.2, 0.25) is 0 Å². The zero-order chi connectivity index (χ0) is 11.4. The van der Waals surface area contributed by atoms with Crippen molar-refractivity contribution in [1.29, 1.82) is 0 Å². The molecule has 1 heterocycles. The second kappa shape index (κ2) is 5.47. The van der Waals surface area contributed by atoms with Gasteiger partial charge in [0.05, 0.1) is 0 Å². The monoisotopic (exact) mass is 331 g/mol. The lowest BCUT2D eigenvalue weighted by Crippen LogP contribution is -2.10. The van der Waals surface area contributed by atoms with Gasteiger partial charge >= 0.3 is 0 Å². The fraction of sp³-hybridized carbons (Fsp3) is 0.182. The predicted octanol–water partition coefficient (Wildman–Crippen LogP) is 3.84. The maximum absolute atomic E-state index is 11.4. The third-order valence-corrected chi connectivity index (χ3v) is 2.48. The smallest absolute Gasteiger partial charge is 0.251 e. The van der Waals surface area contributed by atoms with Crippen molar-refractivity contribution in [2.45, 2.75) is 13.8 Å². The molecule has 0 saturated heterocycles. The molecular formula is C11H11Br2NO. The Morgan fingerprint density at radius 1 is 1.07 bits per heavy atom. The second-order valence-electron chi connectivity index (χ2n) is 3.25. The Kier molecular flexibility index (Phi) is 4.54. The average molecular weight is 333 g/mol. The molecule has 15 heavy (non-hydrogen) atoms. The molecule has 1 aromatic heterocycles. The molecule has 0 radical (unpaired) electrons. The Labute approximate surface area is 104 Å². The minimum Gasteiger partial charge on any atom is -0.322 e. The highest BCUT2D eigenvalue weighted by atomic mass is 80.9. The summed E-state index contributed by atoms with van der Waals surface area (Å²) in [6.45, 7) is 3.83. The van der Waals surface area contributed by atoms with E-state index < -0.39 is 0 Å². The van der Waals surface area contributed by atoms with Crippen LogP contribution in [0.1, 0.15) is 11.1 Å². The summed E-state index contributed by atoms with van der Waals surface area (Å²) in [7, 11) is 0. The van der Waals surface area contributed by atoms with Crippen LogP contribution in [0.3, 0.4) is 0 Å². The van der Waals surface area contributed by atoms with Gasteiger partial charge in [-0.05, 0) is 25.5 Å². The number of para-hydroxylation sites is 1. The van der Waals surface area contributed by atoms with E-state index in [0.29, 0.717) is 0 Å². The van der Waals surface area contributed by atoms with E-state index in [-0.39, 0.29) is 5.56 Å². The highest BCUT2D eigenvalue weighted by Crippen LogP contribution is 2.15. The van der Waals surface area contributed by atoms with Gasteiger partial charge in [0.1, 0.15) is 0 Å². The van der Waals surface area contributed by atoms with Gasteiger partial charge in [-0.1, -0.05) is 18.2 Å². The maximum Gasteiger partial charge on any atom is 0.251 e. The summed E-state index contributed by atoms with van der Waals surface area (Å²) in [5.41, 5.74) is 2.80. The highest BCUT2D eigenvalue weighted by molar-refractivity contribution is 9.93. The molecule has 2 nitrogen and oxygen atoms in total. The zero-order valence-electron chi connectivity index (χ0n) is 8.47. The van der Waals surface area contributed by atoms with Crippen LogP contribution in [0.4, 0.5) is 0 Å². The molecule has 0 unspecified atom stereocenters. The van der Waals surface area contributed by atoms with Crippen LogP contribution < -0.4 is 5.56 Å². The van der Waals surface area contributed by atoms with Gasteiger partial charge < -0.3 is 4.98 Å². The van der Waals surface area contributed by atoms with Crippen LogP contribution >= 0.6 is 28.3 Å². The van der Waals surface area contributed by atoms with Crippen molar-refractivity contribution in [3.8, 4) is 0 Å². The summed E-state index contributed by atoms with van der Waals surface area (Å²) < 4.78 is 0. The summed E-state index contributed by atoms with van der Waals surface area (Å²) in [5.74, 6) is 0. The third kappa shape index (κ3) is 2.49. The SMILES string of the molecule is BrBr.Cc1c(C)c2ccccc2[nH]c1=O. The number of benzene rings is 1. The van der Waals surface area contributed by atoms with Crippen molar-refractivity contribution in [1.82, 2.24) is 4.98 Å². The van der Waals surface area contributed by atoms with Crippen LogP contribution in [0.2, 0.25) is 0 Å². The molecule has 0 atom stereocenters. The van der Waals surface area contributed by atoms with Gasteiger partial charge in [0.15, 0.2) is 0 Å². The number of rotatable bonds is 0. The number of halogens is 2. The molecule has 0 fully saturated rings. The van der Waals surface area contributed by atoms with E-state index in [4.69, 9.17) is 0 Å². The Hall–Kier alpha value is -0.610. The van der Waals surface area contributed by atoms with Gasteiger partial charge in [0, 0.05) is 44.7 Å². The summed E-state index contributed by atoms with van der Waals surface area (Å²) in [4.78, 5) is 14.2. The molecule has 0 amide bonds. The number of aromatic amines is 1. The van der Waals surface area contributed by atoms with Crippen LogP contribution in [-0.2, 0) is 0 Å². The van der Waals surface area contributed by atoms with E-state index in [0.717, 1.165) is 22.0 Å². The zero-order valence-corrected chi connectivity index (χ0v) is 11.6. The normalized spacial score (nSPS) is 9.60. The van der Waals surface area contributed by atoms with Gasteiger partial charge in [-0.25, -0.2) is 0 Å². The number of H-pyrrole nitrogens is 1. The molecule has 1 aromatic carbocycles. The number of hydrogen-bond donors (Lipinski definition) is 1. The number of nitrogens with one attached hydrogen (secondary N) is 1. The van der Waals surface area contributed by atoms with Gasteiger partial charge in [-0.2, -0.15) is 0 Å². The van der Waals surface area contributed by atoms with Crippen molar-refractivity contribution >= 4 is 39.2 Å². The first kappa shape index (κ1) is 12.5. The lowest BCUT2D eigenvalue weighted by Gasteiger charge is -2.03. The fourth-order valence-corrected chi connectivity index (χ4v) is 1.51. The topological polar surface area (TPSA) is 32.9 Å². The summed E-state index contributed by atoms with van der Waals surface area (Å²) in [5, 5.41) is 1.12. The number of pyridine rings is 1. The number of fused-ring (bicyclic) bond motifs is 1. The van der Waals surface area contributed by atoms with Crippen molar-refractivity contribution in [3.05, 3.63) is 45.7 Å². The molecule has 0 aliphatic rings. The standard InChI is InChI=1S/C11H11NO.Br2/c1-7-8(2)11(13)12-10-6-4-3-5-9(7)10;1-2/h3-6H,1-2H3,(H,12,13);. The maximum atomic E-state index is 11.4. The Balaban J connectivity index is 0.000000531. The van der Waals surface area contributed by atoms with Gasteiger partial charge in [0.25, 0.3) is 5.56 Å². The van der Waals surface area contributed by atoms with Crippen molar-refractivity contribution in [2.75, 3.05) is 0 Å². The van der Waals surface area contributed by atoms with E-state index in [9.17, 15) is 4.79 Å². The van der Waals surface area contributed by atoms with Crippen LogP contribution in [0.15, 0.2) is 29.1 Å². The Morgan fingerprint density at radius 2 is 1.67 bits per heavy atom. The molecule has 0 aliphatic heterocycles. The molecule has 0 aliphatic carbocycles. The largest absolute Gasteiger partial charge is 0.322 e. The number of aromatic nitrogens is 1. The lowest BCUT2D eigenvalue weighted by molar-refractivity contribution is 1.20. The van der Waals surface area contributed by atoms with Crippen LogP contribution in [0.5, 0.6) is 0 Å². The summed E-state index contributed by atoms with van der Waals surface area (Å²) >= 11 is 5.50. The Morgan fingerprint density at radius 3 is 2.33 bits per heavy atom. The highest BCUT2D eigenvalue weighted by Gasteiger charge is 2.02. The van der Waals surface area contributed by atoms with Gasteiger partial charge in [-0.15, -0.1) is 0 Å². The van der Waals surface area contributed by atoms with E-state index in [1.807, 2.05) is 38.1 Å². The summed E-state index contributed by atoms with van der Waals surface area (Å²) in [6.07, 6.45) is 0. The average Bonchev–Trinajstić information content (AvgIpc) is 2.29. The lowest BCUT2D eigenvalue weighted by atomic mass is 10.1. The van der Waals surface area contributed by atoms with E-state index in [1.54, 1.807) is 0 Å².